The third-order valence-electron chi connectivity index (χ3n) is 5.29. The lowest BCUT2D eigenvalue weighted by Gasteiger charge is -2.27. The third-order valence-corrected chi connectivity index (χ3v) is 5.29. The molecule has 6 heteroatoms. The second-order valence-electron chi connectivity index (χ2n) is 6.87. The van der Waals surface area contributed by atoms with Crippen LogP contribution in [0.1, 0.15) is 46.2 Å². The number of fused-ring (bicyclic) bond motifs is 1. The van der Waals surface area contributed by atoms with Gasteiger partial charge in [-0.2, -0.15) is 0 Å². The molecule has 0 saturated carbocycles. The predicted molar refractivity (Wildman–Crippen MR) is 106 cm³/mol. The van der Waals surface area contributed by atoms with Gasteiger partial charge in [0.15, 0.2) is 0 Å². The molecule has 0 bridgehead atoms. The zero-order valence-corrected chi connectivity index (χ0v) is 16.3. The Morgan fingerprint density at radius 2 is 1.46 bits per heavy atom. The average molecular weight is 380 g/mol. The quantitative estimate of drug-likeness (QED) is 0.673. The Kier molecular flexibility index (Phi) is 6.21. The van der Waals surface area contributed by atoms with E-state index in [-0.39, 0.29) is 18.5 Å². The number of hydrogen-bond acceptors (Lipinski definition) is 3. The molecule has 1 atom stereocenters. The highest BCUT2D eigenvalue weighted by atomic mass is 16.2. The minimum Gasteiger partial charge on any atom is -0.348 e. The van der Waals surface area contributed by atoms with Gasteiger partial charge in [0, 0.05) is 5.56 Å². The SMILES string of the molecule is CC[NH+](CC)[C@@H](CNC(=O)CN1C(=O)c2ccccc2C1=O)c1ccccc1. The van der Waals surface area contributed by atoms with E-state index in [1.165, 1.54) is 4.90 Å². The van der Waals surface area contributed by atoms with Crippen LogP contribution in [0.15, 0.2) is 54.6 Å². The first-order valence-corrected chi connectivity index (χ1v) is 9.68. The minimum atomic E-state index is -0.412. The van der Waals surface area contributed by atoms with Crippen LogP contribution < -0.4 is 10.2 Å². The molecule has 6 nitrogen and oxygen atoms in total. The van der Waals surface area contributed by atoms with Crippen LogP contribution in [-0.4, -0.2) is 48.8 Å². The molecule has 0 unspecified atom stereocenters. The van der Waals surface area contributed by atoms with Crippen LogP contribution in [0.2, 0.25) is 0 Å². The van der Waals surface area contributed by atoms with Gasteiger partial charge in [-0.1, -0.05) is 42.5 Å². The fourth-order valence-corrected chi connectivity index (χ4v) is 3.72. The van der Waals surface area contributed by atoms with Crippen molar-refractivity contribution in [3.05, 3.63) is 71.3 Å². The zero-order chi connectivity index (χ0) is 20.1. The van der Waals surface area contributed by atoms with Gasteiger partial charge >= 0.3 is 0 Å². The van der Waals surface area contributed by atoms with Gasteiger partial charge in [-0.05, 0) is 26.0 Å². The highest BCUT2D eigenvalue weighted by Crippen LogP contribution is 2.21. The number of carbonyl (C=O) groups excluding carboxylic acids is 3. The summed E-state index contributed by atoms with van der Waals surface area (Å²) in [7, 11) is 0. The van der Waals surface area contributed by atoms with Crippen molar-refractivity contribution < 1.29 is 19.3 Å². The highest BCUT2D eigenvalue weighted by molar-refractivity contribution is 6.22. The summed E-state index contributed by atoms with van der Waals surface area (Å²) in [5, 5.41) is 2.92. The molecule has 0 saturated heterocycles. The summed E-state index contributed by atoms with van der Waals surface area (Å²) in [6.07, 6.45) is 0. The molecular weight excluding hydrogens is 354 g/mol. The molecule has 2 aromatic carbocycles. The Morgan fingerprint density at radius 3 is 2.00 bits per heavy atom. The number of hydrogen-bond donors (Lipinski definition) is 2. The summed E-state index contributed by atoms with van der Waals surface area (Å²) in [6, 6.07) is 16.8. The average Bonchev–Trinajstić information content (AvgIpc) is 2.97. The van der Waals surface area contributed by atoms with Crippen molar-refractivity contribution in [3.63, 3.8) is 0 Å². The molecule has 0 fully saturated rings. The number of nitrogens with zero attached hydrogens (tertiary/aromatic N) is 1. The molecule has 1 aliphatic heterocycles. The Labute approximate surface area is 165 Å². The monoisotopic (exact) mass is 380 g/mol. The second kappa shape index (κ2) is 8.80. The molecule has 0 spiro atoms. The van der Waals surface area contributed by atoms with E-state index in [9.17, 15) is 14.4 Å². The maximum Gasteiger partial charge on any atom is 0.262 e. The van der Waals surface area contributed by atoms with Gasteiger partial charge in [-0.15, -0.1) is 0 Å². The van der Waals surface area contributed by atoms with E-state index < -0.39 is 11.8 Å². The van der Waals surface area contributed by atoms with Gasteiger partial charge in [0.1, 0.15) is 12.6 Å². The van der Waals surface area contributed by atoms with E-state index in [0.717, 1.165) is 23.6 Å². The van der Waals surface area contributed by atoms with Crippen LogP contribution in [0.3, 0.4) is 0 Å². The first-order chi connectivity index (χ1) is 13.6. The molecule has 0 aliphatic carbocycles. The highest BCUT2D eigenvalue weighted by Gasteiger charge is 2.36. The van der Waals surface area contributed by atoms with Crippen LogP contribution in [-0.2, 0) is 4.79 Å². The topological polar surface area (TPSA) is 70.9 Å². The van der Waals surface area contributed by atoms with Crippen LogP contribution in [0.5, 0.6) is 0 Å². The van der Waals surface area contributed by atoms with E-state index in [1.807, 2.05) is 18.2 Å². The molecule has 0 aromatic heterocycles. The van der Waals surface area contributed by atoms with Crippen molar-refractivity contribution in [3.8, 4) is 0 Å². The van der Waals surface area contributed by atoms with Gasteiger partial charge < -0.3 is 10.2 Å². The lowest BCUT2D eigenvalue weighted by atomic mass is 10.1. The van der Waals surface area contributed by atoms with E-state index in [1.54, 1.807) is 24.3 Å². The minimum absolute atomic E-state index is 0.113. The predicted octanol–water partition coefficient (Wildman–Crippen LogP) is 1.06. The number of rotatable bonds is 8. The number of nitrogens with one attached hydrogen (secondary N) is 2. The second-order valence-corrected chi connectivity index (χ2v) is 6.87. The fourth-order valence-electron chi connectivity index (χ4n) is 3.72. The summed E-state index contributed by atoms with van der Waals surface area (Å²) in [6.45, 7) is 6.30. The molecule has 28 heavy (non-hydrogen) atoms. The molecule has 0 radical (unpaired) electrons. The first-order valence-electron chi connectivity index (χ1n) is 9.68. The summed E-state index contributed by atoms with van der Waals surface area (Å²) in [5.74, 6) is -1.16. The van der Waals surface area contributed by atoms with Gasteiger partial charge in [0.25, 0.3) is 11.8 Å². The number of benzene rings is 2. The number of carbonyl (C=O) groups is 3. The van der Waals surface area contributed by atoms with Crippen LogP contribution in [0.25, 0.3) is 0 Å². The fraction of sp³-hybridized carbons (Fsp3) is 0.318. The van der Waals surface area contributed by atoms with Crippen LogP contribution in [0.4, 0.5) is 0 Å². The molecule has 2 aromatic rings. The molecule has 3 amide bonds. The van der Waals surface area contributed by atoms with Crippen molar-refractivity contribution in [1.29, 1.82) is 0 Å². The first kappa shape index (κ1) is 19.8. The van der Waals surface area contributed by atoms with Gasteiger partial charge in [-0.25, -0.2) is 0 Å². The van der Waals surface area contributed by atoms with Crippen molar-refractivity contribution in [2.45, 2.75) is 19.9 Å². The zero-order valence-electron chi connectivity index (χ0n) is 16.3. The smallest absolute Gasteiger partial charge is 0.262 e. The maximum absolute atomic E-state index is 12.5. The molecular formula is C22H26N3O3+. The molecule has 3 rings (SSSR count). The Balaban J connectivity index is 1.66. The molecule has 1 aliphatic rings. The van der Waals surface area contributed by atoms with E-state index in [4.69, 9.17) is 0 Å². The number of amides is 3. The van der Waals surface area contributed by atoms with Crippen molar-refractivity contribution in [2.75, 3.05) is 26.2 Å². The van der Waals surface area contributed by atoms with Gasteiger partial charge in [-0.3, -0.25) is 19.3 Å². The Bertz CT molecular complexity index is 827. The number of imide groups is 1. The largest absolute Gasteiger partial charge is 0.348 e. The van der Waals surface area contributed by atoms with Gasteiger partial charge in [0.2, 0.25) is 5.91 Å². The summed E-state index contributed by atoms with van der Waals surface area (Å²) in [4.78, 5) is 39.7. The number of quaternary nitrogens is 1. The molecule has 2 N–H and O–H groups in total. The van der Waals surface area contributed by atoms with Crippen molar-refractivity contribution in [1.82, 2.24) is 10.2 Å². The maximum atomic E-state index is 12.5. The van der Waals surface area contributed by atoms with Crippen LogP contribution >= 0.6 is 0 Å². The third kappa shape index (κ3) is 3.97. The lowest BCUT2D eigenvalue weighted by molar-refractivity contribution is -0.927. The summed E-state index contributed by atoms with van der Waals surface area (Å²) < 4.78 is 0. The molecule has 146 valence electrons. The van der Waals surface area contributed by atoms with E-state index in [0.29, 0.717) is 17.7 Å². The summed E-state index contributed by atoms with van der Waals surface area (Å²) >= 11 is 0. The van der Waals surface area contributed by atoms with E-state index >= 15 is 0 Å². The lowest BCUT2D eigenvalue weighted by Crippen LogP contribution is -3.12. The van der Waals surface area contributed by atoms with E-state index in [2.05, 4.69) is 31.3 Å². The van der Waals surface area contributed by atoms with Crippen molar-refractivity contribution >= 4 is 17.7 Å². The van der Waals surface area contributed by atoms with Crippen molar-refractivity contribution in [2.24, 2.45) is 0 Å². The Morgan fingerprint density at radius 1 is 0.929 bits per heavy atom. The Hall–Kier alpha value is -2.99. The standard InChI is InChI=1S/C22H25N3O3/c1-3-24(4-2)19(16-10-6-5-7-11-16)14-23-20(26)15-25-21(27)17-12-8-9-13-18(17)22(25)28/h5-13,19H,3-4,14-15H2,1-2H3,(H,23,26)/p+1/t19-/m0/s1. The van der Waals surface area contributed by atoms with Gasteiger partial charge in [0.05, 0.1) is 30.8 Å². The summed E-state index contributed by atoms with van der Waals surface area (Å²) in [5.41, 5.74) is 1.87. The number of likely N-dealkylation sites (N-methyl/N-ethyl adjacent to an activating group) is 1. The normalized spacial score (nSPS) is 14.3. The van der Waals surface area contributed by atoms with Crippen LogP contribution in [0, 0.1) is 0 Å². The molecule has 1 heterocycles.